The summed E-state index contributed by atoms with van der Waals surface area (Å²) in [6.07, 6.45) is 7.25. The number of halogens is 2. The quantitative estimate of drug-likeness (QED) is 0.0517. The van der Waals surface area contributed by atoms with Crippen LogP contribution in [0.5, 0.6) is 0 Å². The fourth-order valence-electron chi connectivity index (χ4n) is 5.85. The monoisotopic (exact) mass is 969 g/mol. The molecule has 0 spiro atoms. The van der Waals surface area contributed by atoms with E-state index in [1.807, 2.05) is 19.0 Å². The Kier molecular flexibility index (Phi) is 15.8. The molecule has 5 aromatic heterocycles. The highest BCUT2D eigenvalue weighted by molar-refractivity contribution is 9.13. The predicted molar refractivity (Wildman–Crippen MR) is 235 cm³/mol. The van der Waals surface area contributed by atoms with Crippen LogP contribution in [0.15, 0.2) is 63.4 Å². The minimum atomic E-state index is -0.481. The maximum Gasteiger partial charge on any atom is 0.272 e. The molecule has 318 valence electrons. The molecule has 0 aliphatic carbocycles. The van der Waals surface area contributed by atoms with Gasteiger partial charge in [-0.2, -0.15) is 0 Å². The highest BCUT2D eigenvalue weighted by Gasteiger charge is 2.20. The minimum Gasteiger partial charge on any atom is -0.357 e. The fourth-order valence-corrected chi connectivity index (χ4v) is 7.78. The molecule has 5 rings (SSSR count). The lowest BCUT2D eigenvalue weighted by atomic mass is 10.1. The van der Waals surface area contributed by atoms with E-state index in [0.29, 0.717) is 34.0 Å². The number of hydrogen-bond acceptors (Lipinski definition) is 9. The average molecular weight is 972 g/mol. The van der Waals surface area contributed by atoms with Gasteiger partial charge < -0.3 is 55.9 Å². The summed E-state index contributed by atoms with van der Waals surface area (Å²) in [6, 6.07) is 7.78. The number of hydrogen-bond donors (Lipinski definition) is 8. The number of Topliss-reactive ketones (excluding diaryl/α,β-unsaturated/α-hetero) is 1. The molecule has 0 aromatic carbocycles. The van der Waals surface area contributed by atoms with E-state index in [2.05, 4.69) is 73.7 Å². The van der Waals surface area contributed by atoms with Crippen LogP contribution in [0.1, 0.15) is 76.5 Å². The molecule has 5 aromatic rings. The Morgan fingerprint density at radius 2 is 1.27 bits per heavy atom. The van der Waals surface area contributed by atoms with Gasteiger partial charge in [-0.3, -0.25) is 33.6 Å². The Balaban J connectivity index is 1.01. The highest BCUT2D eigenvalue weighted by Crippen LogP contribution is 2.33. The van der Waals surface area contributed by atoms with Crippen molar-refractivity contribution in [3.05, 3.63) is 96.6 Å². The third-order valence-corrected chi connectivity index (χ3v) is 12.1. The molecule has 0 atom stereocenters. The van der Waals surface area contributed by atoms with Gasteiger partial charge in [0.25, 0.3) is 29.5 Å². The van der Waals surface area contributed by atoms with E-state index < -0.39 is 23.6 Å². The summed E-state index contributed by atoms with van der Waals surface area (Å²) < 4.78 is 4.68. The van der Waals surface area contributed by atoms with E-state index in [1.54, 1.807) is 60.0 Å². The lowest BCUT2D eigenvalue weighted by molar-refractivity contribution is -0.121. The lowest BCUT2D eigenvalue weighted by Gasteiger charge is -2.10. The van der Waals surface area contributed by atoms with E-state index >= 15 is 0 Å². The topological polar surface area (TPSA) is 236 Å². The molecule has 18 nitrogen and oxygen atoms in total. The number of H-pyrrole nitrogens is 2. The zero-order valence-corrected chi connectivity index (χ0v) is 37.2. The number of amides is 6. The molecule has 0 bridgehead atoms. The Morgan fingerprint density at radius 3 is 1.93 bits per heavy atom. The van der Waals surface area contributed by atoms with Gasteiger partial charge in [-0.15, -0.1) is 11.3 Å². The van der Waals surface area contributed by atoms with Gasteiger partial charge in [0.15, 0.2) is 0 Å². The summed E-state index contributed by atoms with van der Waals surface area (Å²) in [7, 11) is 7.24. The van der Waals surface area contributed by atoms with E-state index in [0.717, 1.165) is 21.2 Å². The van der Waals surface area contributed by atoms with Crippen LogP contribution >= 0.6 is 43.2 Å². The molecule has 0 fully saturated rings. The molecule has 6 amide bonds. The molecule has 0 unspecified atom stereocenters. The lowest BCUT2D eigenvalue weighted by Crippen LogP contribution is -2.32. The Hall–Kier alpha value is -5.77. The van der Waals surface area contributed by atoms with E-state index in [9.17, 15) is 33.6 Å². The van der Waals surface area contributed by atoms with Crippen molar-refractivity contribution in [2.75, 3.05) is 56.2 Å². The standard InChI is InChI=1S/C39H45Br2N11O7S/c1-50(2)11-5-8-42-33(54)7-10-43-35(55)29-14-23(19-46-29)47-36(56)28-13-22(18-45-28)12-26(53)6-9-44-37(57)30-15-24(20-51(30)3)48-38(58)31-16-25(21-52(31)4)49-39(59)32-17-27(40)34(41)60-32/h13-21,45-46H,5-12H2,1-4H3,(H,42,54)(H,43,55)(H,44,57)(H,47,56)(H,48,58)(H,49,59). The van der Waals surface area contributed by atoms with Crippen LogP contribution in [0.4, 0.5) is 17.1 Å². The molecule has 60 heavy (non-hydrogen) atoms. The van der Waals surface area contributed by atoms with Crippen LogP contribution in [0.3, 0.4) is 0 Å². The number of rotatable bonds is 20. The van der Waals surface area contributed by atoms with E-state index in [1.165, 1.54) is 29.7 Å². The smallest absolute Gasteiger partial charge is 0.272 e. The summed E-state index contributed by atoms with van der Waals surface area (Å²) in [5, 5.41) is 16.5. The van der Waals surface area contributed by atoms with Crippen molar-refractivity contribution in [2.45, 2.75) is 25.7 Å². The van der Waals surface area contributed by atoms with Gasteiger partial charge in [0.1, 0.15) is 28.6 Å². The van der Waals surface area contributed by atoms with Crippen molar-refractivity contribution >= 4 is 101 Å². The largest absolute Gasteiger partial charge is 0.357 e. The number of nitrogens with zero attached hydrogens (tertiary/aromatic N) is 3. The van der Waals surface area contributed by atoms with Crippen molar-refractivity contribution < 1.29 is 33.6 Å². The van der Waals surface area contributed by atoms with Crippen LogP contribution in [-0.4, -0.2) is 106 Å². The van der Waals surface area contributed by atoms with Gasteiger partial charge >= 0.3 is 0 Å². The van der Waals surface area contributed by atoms with Crippen molar-refractivity contribution in [1.82, 2.24) is 40.0 Å². The number of thiophene rings is 1. The van der Waals surface area contributed by atoms with Gasteiger partial charge in [0.05, 0.1) is 25.7 Å². The second-order valence-corrected chi connectivity index (χ2v) is 17.2. The summed E-state index contributed by atoms with van der Waals surface area (Å²) in [5.74, 6) is -2.44. The van der Waals surface area contributed by atoms with Gasteiger partial charge in [-0.1, -0.05) is 0 Å². The SMILES string of the molecule is CN(C)CCCNC(=O)CCNC(=O)c1cc(NC(=O)c2cc(CC(=O)CCNC(=O)c3cc(NC(=O)c4cc(NC(=O)c5cc(Br)c(Br)s5)cn4C)cn3C)c[nH]2)c[nH]1. The number of ketones is 1. The van der Waals surface area contributed by atoms with Crippen molar-refractivity contribution in [3.63, 3.8) is 0 Å². The van der Waals surface area contributed by atoms with Crippen LogP contribution in [0.25, 0.3) is 0 Å². The Labute approximate surface area is 365 Å². The first-order valence-corrected chi connectivity index (χ1v) is 21.0. The van der Waals surface area contributed by atoms with Crippen LogP contribution < -0.4 is 31.9 Å². The molecule has 0 radical (unpaired) electrons. The molecule has 8 N–H and O–H groups in total. The molecule has 5 heterocycles. The first-order valence-electron chi connectivity index (χ1n) is 18.6. The molecule has 0 aliphatic heterocycles. The zero-order chi connectivity index (χ0) is 43.5. The zero-order valence-electron chi connectivity index (χ0n) is 33.2. The Morgan fingerprint density at radius 1 is 0.667 bits per heavy atom. The van der Waals surface area contributed by atoms with Gasteiger partial charge in [-0.25, -0.2) is 0 Å². The maximum atomic E-state index is 13.1. The summed E-state index contributed by atoms with van der Waals surface area (Å²) in [6.45, 7) is 1.64. The molecular weight excluding hydrogens is 926 g/mol. The summed E-state index contributed by atoms with van der Waals surface area (Å²) in [4.78, 5) is 97.0. The molecule has 0 saturated heterocycles. The number of anilines is 3. The summed E-state index contributed by atoms with van der Waals surface area (Å²) >= 11 is 8.01. The van der Waals surface area contributed by atoms with Crippen molar-refractivity contribution in [3.8, 4) is 0 Å². The van der Waals surface area contributed by atoms with Gasteiger partial charge in [0.2, 0.25) is 5.91 Å². The number of aromatic amines is 2. The van der Waals surface area contributed by atoms with Crippen LogP contribution in [0, 0.1) is 0 Å². The second-order valence-electron chi connectivity index (χ2n) is 14.0. The van der Waals surface area contributed by atoms with Crippen LogP contribution in [-0.2, 0) is 30.1 Å². The first-order chi connectivity index (χ1) is 28.6. The molecule has 21 heteroatoms. The first kappa shape index (κ1) is 45.3. The molecule has 0 aliphatic rings. The number of nitrogens with one attached hydrogen (secondary N) is 8. The molecular formula is C39H45Br2N11O7S. The Bertz CT molecular complexity index is 2370. The number of carbonyl (C=O) groups excluding carboxylic acids is 7. The highest BCUT2D eigenvalue weighted by atomic mass is 79.9. The minimum absolute atomic E-state index is 0.0245. The second kappa shape index (κ2) is 21.0. The van der Waals surface area contributed by atoms with Crippen LogP contribution in [0.2, 0.25) is 0 Å². The number of aromatic nitrogens is 4. The number of aryl methyl sites for hydroxylation is 2. The summed E-state index contributed by atoms with van der Waals surface area (Å²) in [5.41, 5.74) is 2.69. The normalized spacial score (nSPS) is 11.0. The average Bonchev–Trinajstić information content (AvgIpc) is 4.03. The predicted octanol–water partition coefficient (Wildman–Crippen LogP) is 4.48. The van der Waals surface area contributed by atoms with Crippen molar-refractivity contribution in [2.24, 2.45) is 14.1 Å². The van der Waals surface area contributed by atoms with Crippen molar-refractivity contribution in [1.29, 1.82) is 0 Å². The maximum absolute atomic E-state index is 13.1. The molecule has 0 saturated carbocycles. The third-order valence-electron chi connectivity index (χ3n) is 8.87. The van der Waals surface area contributed by atoms with Gasteiger partial charge in [0, 0.05) is 82.3 Å². The van der Waals surface area contributed by atoms with Gasteiger partial charge in [-0.05, 0) is 94.8 Å². The third kappa shape index (κ3) is 12.9. The number of carbonyl (C=O) groups is 7. The van der Waals surface area contributed by atoms with E-state index in [4.69, 9.17) is 0 Å². The van der Waals surface area contributed by atoms with E-state index in [-0.39, 0.29) is 72.7 Å². The fraction of sp³-hybridized carbons (Fsp3) is 0.308.